The molecule has 1 aromatic heterocycles. The van der Waals surface area contributed by atoms with Gasteiger partial charge in [0.15, 0.2) is 0 Å². The Hall–Kier alpha value is -3.22. The first-order valence-corrected chi connectivity index (χ1v) is 7.44. The van der Waals surface area contributed by atoms with Crippen molar-refractivity contribution in [2.75, 3.05) is 7.11 Å². The molecule has 0 atom stereocenters. The van der Waals surface area contributed by atoms with Crippen molar-refractivity contribution in [1.82, 2.24) is 20.4 Å². The van der Waals surface area contributed by atoms with Crippen LogP contribution < -0.4 is 10.2 Å². The average Bonchev–Trinajstić information content (AvgIpc) is 3.01. The fourth-order valence-electron chi connectivity index (χ4n) is 2.29. The highest BCUT2D eigenvalue weighted by atomic mass is 16.5. The summed E-state index contributed by atoms with van der Waals surface area (Å²) in [5, 5.41) is 12.6. The van der Waals surface area contributed by atoms with Crippen LogP contribution >= 0.6 is 0 Å². The number of hydrogen-bond donors (Lipinski definition) is 1. The van der Waals surface area contributed by atoms with Crippen LogP contribution in [0.25, 0.3) is 11.0 Å². The van der Waals surface area contributed by atoms with Crippen LogP contribution in [0.2, 0.25) is 0 Å². The lowest BCUT2D eigenvalue weighted by Crippen LogP contribution is -2.25. The van der Waals surface area contributed by atoms with Crippen LogP contribution in [0.5, 0.6) is 5.75 Å². The van der Waals surface area contributed by atoms with Crippen LogP contribution in [0.1, 0.15) is 12.5 Å². The van der Waals surface area contributed by atoms with Gasteiger partial charge < -0.3 is 4.74 Å². The summed E-state index contributed by atoms with van der Waals surface area (Å²) in [7, 11) is 1.60. The van der Waals surface area contributed by atoms with Crippen molar-refractivity contribution in [2.45, 2.75) is 13.5 Å². The molecule has 0 spiro atoms. The quantitative estimate of drug-likeness (QED) is 0.575. The Labute approximate surface area is 138 Å². The number of nitrogens with zero attached hydrogens (tertiary/aromatic N) is 4. The SMILES string of the molecule is COc1ccccc1C(C)=NNC(=O)Cn1nc2ccccc2n1. The molecule has 0 aliphatic heterocycles. The number of hydrazone groups is 1. The smallest absolute Gasteiger partial charge is 0.263 e. The molecule has 0 saturated carbocycles. The summed E-state index contributed by atoms with van der Waals surface area (Å²) >= 11 is 0. The van der Waals surface area contributed by atoms with E-state index in [1.54, 1.807) is 14.0 Å². The Bertz CT molecular complexity index is 868. The number of fused-ring (bicyclic) bond motifs is 1. The van der Waals surface area contributed by atoms with E-state index in [2.05, 4.69) is 20.7 Å². The van der Waals surface area contributed by atoms with Crippen molar-refractivity contribution < 1.29 is 9.53 Å². The molecule has 3 aromatic rings. The van der Waals surface area contributed by atoms with Gasteiger partial charge in [-0.05, 0) is 31.2 Å². The van der Waals surface area contributed by atoms with Gasteiger partial charge in [-0.1, -0.05) is 24.3 Å². The third-order valence-electron chi connectivity index (χ3n) is 3.46. The summed E-state index contributed by atoms with van der Waals surface area (Å²) in [6, 6.07) is 14.9. The summed E-state index contributed by atoms with van der Waals surface area (Å²) in [6.45, 7) is 1.80. The molecule has 24 heavy (non-hydrogen) atoms. The van der Waals surface area contributed by atoms with Gasteiger partial charge in [0.05, 0.1) is 12.8 Å². The van der Waals surface area contributed by atoms with Gasteiger partial charge in [0.2, 0.25) is 0 Å². The van der Waals surface area contributed by atoms with Crippen LogP contribution in [0.4, 0.5) is 0 Å². The Morgan fingerprint density at radius 2 is 1.75 bits per heavy atom. The normalized spacial score (nSPS) is 11.5. The van der Waals surface area contributed by atoms with Crippen molar-refractivity contribution >= 4 is 22.7 Å². The number of carbonyl (C=O) groups excluding carboxylic acids is 1. The third-order valence-corrected chi connectivity index (χ3v) is 3.46. The number of nitrogens with one attached hydrogen (secondary N) is 1. The van der Waals surface area contributed by atoms with E-state index in [-0.39, 0.29) is 12.5 Å². The molecule has 122 valence electrons. The van der Waals surface area contributed by atoms with Gasteiger partial charge in [-0.3, -0.25) is 4.79 Å². The first-order chi connectivity index (χ1) is 11.7. The summed E-state index contributed by atoms with van der Waals surface area (Å²) < 4.78 is 5.28. The highest BCUT2D eigenvalue weighted by Gasteiger charge is 2.08. The van der Waals surface area contributed by atoms with Crippen LogP contribution in [0.15, 0.2) is 53.6 Å². The molecule has 0 fully saturated rings. The Morgan fingerprint density at radius 3 is 2.42 bits per heavy atom. The second kappa shape index (κ2) is 6.91. The summed E-state index contributed by atoms with van der Waals surface area (Å²) in [4.78, 5) is 13.4. The maximum absolute atomic E-state index is 12.0. The van der Waals surface area contributed by atoms with Crippen molar-refractivity contribution in [1.29, 1.82) is 0 Å². The van der Waals surface area contributed by atoms with Gasteiger partial charge in [0.25, 0.3) is 5.91 Å². The molecule has 2 aromatic carbocycles. The predicted octanol–water partition coefficient (Wildman–Crippen LogP) is 1.98. The molecular weight excluding hydrogens is 306 g/mol. The van der Waals surface area contributed by atoms with Crippen LogP contribution in [-0.2, 0) is 11.3 Å². The molecule has 0 aliphatic rings. The molecule has 3 rings (SSSR count). The average molecular weight is 323 g/mol. The van der Waals surface area contributed by atoms with Gasteiger partial charge >= 0.3 is 0 Å². The largest absolute Gasteiger partial charge is 0.496 e. The molecule has 1 N–H and O–H groups in total. The fraction of sp³-hybridized carbons (Fsp3) is 0.176. The highest BCUT2D eigenvalue weighted by Crippen LogP contribution is 2.17. The van der Waals surface area contributed by atoms with E-state index in [1.807, 2.05) is 48.5 Å². The Morgan fingerprint density at radius 1 is 1.12 bits per heavy atom. The molecule has 1 amide bonds. The standard InChI is InChI=1S/C17H17N5O2/c1-12(13-7-3-6-10-16(13)24-2)18-19-17(23)11-22-20-14-8-4-5-9-15(14)21-22/h3-10H,11H2,1-2H3,(H,19,23). The number of hydrogen-bond acceptors (Lipinski definition) is 5. The number of carbonyl (C=O) groups is 1. The molecule has 0 saturated heterocycles. The molecule has 7 heteroatoms. The summed E-state index contributed by atoms with van der Waals surface area (Å²) in [6.07, 6.45) is 0. The predicted molar refractivity (Wildman–Crippen MR) is 90.9 cm³/mol. The number of para-hydroxylation sites is 1. The third kappa shape index (κ3) is 3.40. The zero-order chi connectivity index (χ0) is 16.9. The minimum atomic E-state index is -0.301. The van der Waals surface area contributed by atoms with E-state index in [0.717, 1.165) is 16.6 Å². The fourth-order valence-corrected chi connectivity index (χ4v) is 2.29. The number of methoxy groups -OCH3 is 1. The number of benzene rings is 2. The second-order valence-corrected chi connectivity index (χ2v) is 5.15. The van der Waals surface area contributed by atoms with Crippen LogP contribution in [0.3, 0.4) is 0 Å². The van der Waals surface area contributed by atoms with Gasteiger partial charge in [-0.2, -0.15) is 20.1 Å². The molecule has 7 nitrogen and oxygen atoms in total. The molecule has 0 unspecified atom stereocenters. The lowest BCUT2D eigenvalue weighted by molar-refractivity contribution is -0.122. The van der Waals surface area contributed by atoms with E-state index in [1.165, 1.54) is 4.80 Å². The number of amides is 1. The van der Waals surface area contributed by atoms with Gasteiger partial charge in [-0.15, -0.1) is 0 Å². The Kier molecular flexibility index (Phi) is 4.51. The maximum Gasteiger partial charge on any atom is 0.263 e. The lowest BCUT2D eigenvalue weighted by atomic mass is 10.1. The topological polar surface area (TPSA) is 81.4 Å². The highest BCUT2D eigenvalue weighted by molar-refractivity contribution is 6.01. The molecule has 1 heterocycles. The number of rotatable bonds is 5. The molecule has 0 aliphatic carbocycles. The maximum atomic E-state index is 12.0. The van der Waals surface area contributed by atoms with E-state index in [4.69, 9.17) is 4.74 Å². The molecular formula is C17H17N5O2. The summed E-state index contributed by atoms with van der Waals surface area (Å²) in [5.74, 6) is 0.401. The second-order valence-electron chi connectivity index (χ2n) is 5.15. The van der Waals surface area contributed by atoms with Gasteiger partial charge in [0, 0.05) is 5.56 Å². The van der Waals surface area contributed by atoms with Crippen molar-refractivity contribution in [3.05, 3.63) is 54.1 Å². The van der Waals surface area contributed by atoms with E-state index in [9.17, 15) is 4.79 Å². The molecule has 0 bridgehead atoms. The summed E-state index contributed by atoms with van der Waals surface area (Å²) in [5.41, 5.74) is 5.49. The first-order valence-electron chi connectivity index (χ1n) is 7.44. The molecule has 0 radical (unpaired) electrons. The first kappa shape index (κ1) is 15.7. The van der Waals surface area contributed by atoms with Crippen molar-refractivity contribution in [3.8, 4) is 5.75 Å². The minimum absolute atomic E-state index is 0.00259. The zero-order valence-electron chi connectivity index (χ0n) is 13.4. The van der Waals surface area contributed by atoms with Crippen molar-refractivity contribution in [3.63, 3.8) is 0 Å². The Balaban J connectivity index is 1.68. The van der Waals surface area contributed by atoms with Gasteiger partial charge in [0.1, 0.15) is 23.3 Å². The van der Waals surface area contributed by atoms with E-state index in [0.29, 0.717) is 11.5 Å². The monoisotopic (exact) mass is 323 g/mol. The minimum Gasteiger partial charge on any atom is -0.496 e. The lowest BCUT2D eigenvalue weighted by Gasteiger charge is -2.07. The number of aromatic nitrogens is 3. The van der Waals surface area contributed by atoms with E-state index < -0.39 is 0 Å². The van der Waals surface area contributed by atoms with Crippen LogP contribution in [-0.4, -0.2) is 33.7 Å². The van der Waals surface area contributed by atoms with Crippen molar-refractivity contribution in [2.24, 2.45) is 5.10 Å². The zero-order valence-corrected chi connectivity index (χ0v) is 13.4. The van der Waals surface area contributed by atoms with Gasteiger partial charge in [-0.25, -0.2) is 5.43 Å². The van der Waals surface area contributed by atoms with Crippen LogP contribution in [0, 0.1) is 0 Å². The number of ether oxygens (including phenoxy) is 1. The van der Waals surface area contributed by atoms with E-state index >= 15 is 0 Å².